The highest BCUT2D eigenvalue weighted by atomic mass is 16.2. The third-order valence-corrected chi connectivity index (χ3v) is 6.64. The highest BCUT2D eigenvalue weighted by Gasteiger charge is 2.54. The molecule has 0 aromatic heterocycles. The summed E-state index contributed by atoms with van der Waals surface area (Å²) in [6.45, 7) is 7.32. The topological polar surface area (TPSA) is 73.0 Å². The Morgan fingerprint density at radius 1 is 1.04 bits per heavy atom. The first kappa shape index (κ1) is 17.8. The van der Waals surface area contributed by atoms with Crippen LogP contribution in [0.2, 0.25) is 0 Å². The molecule has 7 heteroatoms. The molecule has 4 aliphatic rings. The molecule has 0 bridgehead atoms. The number of hydrogen-bond donors (Lipinski definition) is 1. The predicted octanol–water partition coefficient (Wildman–Crippen LogP) is 1.18. The van der Waals surface area contributed by atoms with E-state index >= 15 is 0 Å². The molecule has 1 aliphatic carbocycles. The van der Waals surface area contributed by atoms with Crippen LogP contribution in [-0.2, 0) is 9.59 Å². The van der Waals surface area contributed by atoms with Crippen LogP contribution in [0.25, 0.3) is 0 Å². The predicted molar refractivity (Wildman–Crippen MR) is 96.4 cm³/mol. The number of carbonyl (C=O) groups is 3. The van der Waals surface area contributed by atoms with Crippen molar-refractivity contribution in [3.8, 4) is 0 Å². The quantitative estimate of drug-likeness (QED) is 0.766. The Balaban J connectivity index is 1.38. The summed E-state index contributed by atoms with van der Waals surface area (Å²) in [4.78, 5) is 43.7. The number of rotatable bonds is 3. The summed E-state index contributed by atoms with van der Waals surface area (Å²) in [6, 6.07) is 0.150. The fourth-order valence-corrected chi connectivity index (χ4v) is 4.67. The molecular formula is C19H30N4O3. The van der Waals surface area contributed by atoms with Crippen LogP contribution in [0.15, 0.2) is 0 Å². The first-order chi connectivity index (χ1) is 12.4. The molecule has 0 aromatic carbocycles. The van der Waals surface area contributed by atoms with Crippen LogP contribution >= 0.6 is 0 Å². The molecule has 1 spiro atoms. The molecule has 7 nitrogen and oxygen atoms in total. The van der Waals surface area contributed by atoms with E-state index in [9.17, 15) is 14.4 Å². The second kappa shape index (κ2) is 6.51. The minimum absolute atomic E-state index is 0.0436. The molecule has 4 fully saturated rings. The molecule has 3 saturated heterocycles. The molecular weight excluding hydrogens is 332 g/mol. The molecule has 144 valence electrons. The summed E-state index contributed by atoms with van der Waals surface area (Å²) in [5.41, 5.74) is -0.705. The van der Waals surface area contributed by atoms with E-state index in [-0.39, 0.29) is 29.8 Å². The zero-order valence-corrected chi connectivity index (χ0v) is 15.9. The van der Waals surface area contributed by atoms with Gasteiger partial charge in [0.1, 0.15) is 5.54 Å². The molecule has 0 aromatic rings. The molecule has 0 radical (unpaired) electrons. The second-order valence-corrected chi connectivity index (χ2v) is 8.65. The zero-order chi connectivity index (χ0) is 18.5. The highest BCUT2D eigenvalue weighted by Crippen LogP contribution is 2.35. The Kier molecular flexibility index (Phi) is 4.45. The molecule has 0 unspecified atom stereocenters. The summed E-state index contributed by atoms with van der Waals surface area (Å²) < 4.78 is 0. The second-order valence-electron chi connectivity index (χ2n) is 8.65. The molecule has 4 rings (SSSR count). The van der Waals surface area contributed by atoms with Gasteiger partial charge in [0.15, 0.2) is 0 Å². The van der Waals surface area contributed by atoms with Gasteiger partial charge in [0, 0.05) is 44.2 Å². The summed E-state index contributed by atoms with van der Waals surface area (Å²) in [5.74, 6) is 0.453. The fraction of sp³-hybridized carbons (Fsp3) is 0.842. The smallest absolute Gasteiger partial charge is 0.325 e. The van der Waals surface area contributed by atoms with Crippen LogP contribution in [0.1, 0.15) is 52.4 Å². The lowest BCUT2D eigenvalue weighted by Gasteiger charge is -2.40. The van der Waals surface area contributed by atoms with Crippen LogP contribution < -0.4 is 5.32 Å². The summed E-state index contributed by atoms with van der Waals surface area (Å²) in [5, 5.41) is 3.02. The molecule has 26 heavy (non-hydrogen) atoms. The number of nitrogens with zero attached hydrogens (tertiary/aromatic N) is 3. The van der Waals surface area contributed by atoms with Gasteiger partial charge in [0.2, 0.25) is 5.91 Å². The van der Waals surface area contributed by atoms with Gasteiger partial charge in [-0.25, -0.2) is 4.79 Å². The maximum atomic E-state index is 13.1. The van der Waals surface area contributed by atoms with Gasteiger partial charge in [-0.15, -0.1) is 0 Å². The van der Waals surface area contributed by atoms with E-state index in [0.29, 0.717) is 44.8 Å². The number of urea groups is 1. The summed E-state index contributed by atoms with van der Waals surface area (Å²) in [7, 11) is 0. The Morgan fingerprint density at radius 3 is 2.19 bits per heavy atom. The molecule has 1 saturated carbocycles. The molecule has 4 amide bonds. The Morgan fingerprint density at radius 2 is 1.65 bits per heavy atom. The van der Waals surface area contributed by atoms with E-state index in [0.717, 1.165) is 25.9 Å². The maximum absolute atomic E-state index is 13.1. The Labute approximate surface area is 155 Å². The lowest BCUT2D eigenvalue weighted by atomic mass is 9.86. The van der Waals surface area contributed by atoms with E-state index in [2.05, 4.69) is 24.1 Å². The first-order valence-corrected chi connectivity index (χ1v) is 10.1. The van der Waals surface area contributed by atoms with Gasteiger partial charge < -0.3 is 15.1 Å². The third-order valence-electron chi connectivity index (χ3n) is 6.64. The van der Waals surface area contributed by atoms with Crippen molar-refractivity contribution in [1.82, 2.24) is 20.0 Å². The van der Waals surface area contributed by atoms with Gasteiger partial charge in [-0.2, -0.15) is 0 Å². The number of hydrogen-bond acceptors (Lipinski definition) is 4. The van der Waals surface area contributed by atoms with Crippen LogP contribution in [-0.4, -0.2) is 76.3 Å². The van der Waals surface area contributed by atoms with E-state index in [4.69, 9.17) is 0 Å². The van der Waals surface area contributed by atoms with Crippen molar-refractivity contribution >= 4 is 17.8 Å². The number of imide groups is 1. The average Bonchev–Trinajstić information content (AvgIpc) is 3.44. The maximum Gasteiger partial charge on any atom is 0.325 e. The molecule has 0 atom stereocenters. The number of likely N-dealkylation sites (tertiary alicyclic amines) is 2. The van der Waals surface area contributed by atoms with Crippen LogP contribution in [0.3, 0.4) is 0 Å². The number of piperidine rings is 2. The van der Waals surface area contributed by atoms with Crippen molar-refractivity contribution in [2.75, 3.05) is 26.2 Å². The largest absolute Gasteiger partial charge is 0.342 e. The average molecular weight is 362 g/mol. The summed E-state index contributed by atoms with van der Waals surface area (Å²) in [6.07, 6.45) is 4.80. The van der Waals surface area contributed by atoms with Crippen molar-refractivity contribution in [3.05, 3.63) is 0 Å². The standard InChI is InChI=1S/C19H30N4O3/c1-13(2)21-11-7-19(8-12-21)17(25)23(18(26)20-19)15-5-9-22(10-6-15)16(24)14-3-4-14/h13-15H,3-12H2,1-2H3,(H,20,26). The summed E-state index contributed by atoms with van der Waals surface area (Å²) >= 11 is 0. The van der Waals surface area contributed by atoms with Crippen molar-refractivity contribution in [1.29, 1.82) is 0 Å². The van der Waals surface area contributed by atoms with Gasteiger partial charge in [-0.05, 0) is 52.4 Å². The zero-order valence-electron chi connectivity index (χ0n) is 15.9. The van der Waals surface area contributed by atoms with Crippen molar-refractivity contribution in [3.63, 3.8) is 0 Å². The molecule has 3 heterocycles. The van der Waals surface area contributed by atoms with Gasteiger partial charge in [-0.1, -0.05) is 0 Å². The third kappa shape index (κ3) is 3.00. The number of carbonyl (C=O) groups excluding carboxylic acids is 3. The van der Waals surface area contributed by atoms with Gasteiger partial charge >= 0.3 is 6.03 Å². The van der Waals surface area contributed by atoms with Crippen LogP contribution in [0, 0.1) is 5.92 Å². The van der Waals surface area contributed by atoms with E-state index in [1.807, 2.05) is 4.90 Å². The van der Waals surface area contributed by atoms with Crippen LogP contribution in [0.4, 0.5) is 4.79 Å². The minimum atomic E-state index is -0.705. The van der Waals surface area contributed by atoms with Gasteiger partial charge in [0.25, 0.3) is 5.91 Å². The molecule has 3 aliphatic heterocycles. The van der Waals surface area contributed by atoms with E-state index in [1.165, 1.54) is 4.90 Å². The Bertz CT molecular complexity index is 600. The van der Waals surface area contributed by atoms with Crippen molar-refractivity contribution in [2.45, 2.75) is 70.0 Å². The van der Waals surface area contributed by atoms with Crippen molar-refractivity contribution < 1.29 is 14.4 Å². The molecule has 1 N–H and O–H groups in total. The van der Waals surface area contributed by atoms with Crippen molar-refractivity contribution in [2.24, 2.45) is 5.92 Å². The lowest BCUT2D eigenvalue weighted by Crippen LogP contribution is -2.56. The first-order valence-electron chi connectivity index (χ1n) is 10.1. The van der Waals surface area contributed by atoms with Crippen LogP contribution in [0.5, 0.6) is 0 Å². The lowest BCUT2D eigenvalue weighted by molar-refractivity contribution is -0.137. The normalized spacial score (nSPS) is 27.5. The van der Waals surface area contributed by atoms with E-state index in [1.54, 1.807) is 0 Å². The Hall–Kier alpha value is -1.63. The fourth-order valence-electron chi connectivity index (χ4n) is 4.67. The number of amides is 4. The van der Waals surface area contributed by atoms with Gasteiger partial charge in [0.05, 0.1) is 0 Å². The SMILES string of the molecule is CC(C)N1CCC2(CC1)NC(=O)N(C1CCN(C(=O)C3CC3)CC1)C2=O. The highest BCUT2D eigenvalue weighted by molar-refractivity contribution is 6.07. The monoisotopic (exact) mass is 362 g/mol. The number of nitrogens with one attached hydrogen (secondary N) is 1. The minimum Gasteiger partial charge on any atom is -0.342 e. The van der Waals surface area contributed by atoms with E-state index < -0.39 is 5.54 Å². The van der Waals surface area contributed by atoms with Gasteiger partial charge in [-0.3, -0.25) is 14.5 Å².